The van der Waals surface area contributed by atoms with Crippen molar-refractivity contribution in [2.24, 2.45) is 5.92 Å². The van der Waals surface area contributed by atoms with Crippen molar-refractivity contribution in [3.8, 4) is 5.88 Å². The van der Waals surface area contributed by atoms with Gasteiger partial charge in [-0.3, -0.25) is 4.79 Å². The molecule has 1 fully saturated rings. The lowest BCUT2D eigenvalue weighted by Crippen LogP contribution is -2.31. The second-order valence-electron chi connectivity index (χ2n) is 7.92. The Morgan fingerprint density at radius 2 is 2.09 bits per heavy atom. The summed E-state index contributed by atoms with van der Waals surface area (Å²) in [5.74, 6) is 0.247. The highest BCUT2D eigenvalue weighted by Gasteiger charge is 2.35. The van der Waals surface area contributed by atoms with Gasteiger partial charge >= 0.3 is 5.97 Å². The largest absolute Gasteiger partial charge is 0.481 e. The van der Waals surface area contributed by atoms with E-state index < -0.39 is 5.97 Å². The van der Waals surface area contributed by atoms with Gasteiger partial charge in [0.15, 0.2) is 5.82 Å². The summed E-state index contributed by atoms with van der Waals surface area (Å²) in [5, 5.41) is 3.20. The van der Waals surface area contributed by atoms with Crippen LogP contribution in [0.15, 0.2) is 41.5 Å². The molecule has 3 heterocycles. The molecule has 0 unspecified atom stereocenters. The zero-order valence-electron chi connectivity index (χ0n) is 18.5. The van der Waals surface area contributed by atoms with Crippen molar-refractivity contribution in [3.05, 3.63) is 69.1 Å². The van der Waals surface area contributed by atoms with Gasteiger partial charge in [0.25, 0.3) is 5.56 Å². The summed E-state index contributed by atoms with van der Waals surface area (Å²) in [5.41, 5.74) is 1.93. The molecule has 0 spiro atoms. The van der Waals surface area contributed by atoms with E-state index in [0.717, 1.165) is 18.4 Å². The molecule has 0 amide bonds. The van der Waals surface area contributed by atoms with Gasteiger partial charge in [0.1, 0.15) is 17.5 Å². The molecule has 10 heteroatoms. The summed E-state index contributed by atoms with van der Waals surface area (Å²) in [6.45, 7) is 3.69. The fourth-order valence-electron chi connectivity index (χ4n) is 3.59. The van der Waals surface area contributed by atoms with E-state index in [9.17, 15) is 9.59 Å². The first-order valence-corrected chi connectivity index (χ1v) is 10.9. The van der Waals surface area contributed by atoms with Gasteiger partial charge in [0.2, 0.25) is 5.88 Å². The number of esters is 1. The number of hydrogen-bond donors (Lipinski definition) is 1. The van der Waals surface area contributed by atoms with Crippen molar-refractivity contribution < 1.29 is 14.3 Å². The monoisotopic (exact) mass is 469 g/mol. The van der Waals surface area contributed by atoms with Crippen LogP contribution in [-0.2, 0) is 4.74 Å². The Morgan fingerprint density at radius 3 is 2.76 bits per heavy atom. The average Bonchev–Trinajstić information content (AvgIpc) is 3.64. The molecular weight excluding hydrogens is 446 g/mol. The third kappa shape index (κ3) is 5.14. The molecule has 9 nitrogen and oxygen atoms in total. The third-order valence-corrected chi connectivity index (χ3v) is 5.67. The molecule has 0 radical (unpaired) electrons. The Morgan fingerprint density at radius 1 is 1.30 bits per heavy atom. The minimum Gasteiger partial charge on any atom is -0.481 e. The lowest BCUT2D eigenvalue weighted by molar-refractivity contribution is 0.0423. The molecule has 1 aliphatic carbocycles. The van der Waals surface area contributed by atoms with E-state index in [1.54, 1.807) is 32.2 Å². The number of ether oxygens (including phenoxy) is 2. The van der Waals surface area contributed by atoms with Crippen LogP contribution in [0.2, 0.25) is 5.15 Å². The van der Waals surface area contributed by atoms with E-state index >= 15 is 0 Å². The van der Waals surface area contributed by atoms with E-state index in [-0.39, 0.29) is 40.8 Å². The summed E-state index contributed by atoms with van der Waals surface area (Å²) in [6.07, 6.45) is 4.87. The van der Waals surface area contributed by atoms with Gasteiger partial charge < -0.3 is 19.4 Å². The van der Waals surface area contributed by atoms with Gasteiger partial charge in [-0.15, -0.1) is 0 Å². The zero-order chi connectivity index (χ0) is 23.5. The average molecular weight is 470 g/mol. The molecule has 0 aliphatic heterocycles. The highest BCUT2D eigenvalue weighted by Crippen LogP contribution is 2.39. The van der Waals surface area contributed by atoms with Gasteiger partial charge in [0, 0.05) is 18.0 Å². The first-order chi connectivity index (χ1) is 15.9. The number of nitrogens with one attached hydrogen (secondary N) is 1. The second kappa shape index (κ2) is 9.58. The molecule has 33 heavy (non-hydrogen) atoms. The summed E-state index contributed by atoms with van der Waals surface area (Å²) in [6, 6.07) is 6.49. The summed E-state index contributed by atoms with van der Waals surface area (Å²) in [7, 11) is 1.55. The van der Waals surface area contributed by atoms with Crippen molar-refractivity contribution in [2.45, 2.75) is 32.7 Å². The van der Waals surface area contributed by atoms with Gasteiger partial charge in [-0.25, -0.2) is 19.7 Å². The first-order valence-electron chi connectivity index (χ1n) is 10.5. The molecule has 3 aromatic heterocycles. The quantitative estimate of drug-likeness (QED) is 0.495. The molecule has 0 saturated heterocycles. The Balaban J connectivity index is 1.60. The maximum atomic E-state index is 13.3. The maximum absolute atomic E-state index is 13.3. The molecule has 1 atom stereocenters. The van der Waals surface area contributed by atoms with Gasteiger partial charge in [-0.1, -0.05) is 17.7 Å². The van der Waals surface area contributed by atoms with Crippen molar-refractivity contribution in [1.82, 2.24) is 19.5 Å². The highest BCUT2D eigenvalue weighted by molar-refractivity contribution is 6.29. The zero-order valence-corrected chi connectivity index (χ0v) is 19.3. The van der Waals surface area contributed by atoms with Crippen LogP contribution in [0.4, 0.5) is 11.5 Å². The molecular formula is C23H24ClN5O4. The number of aryl methyl sites for hydroxylation is 2. The first kappa shape index (κ1) is 22.7. The van der Waals surface area contributed by atoms with Crippen LogP contribution in [0, 0.1) is 19.8 Å². The molecule has 3 aromatic rings. The lowest BCUT2D eigenvalue weighted by atomic mass is 10.2. The Hall–Kier alpha value is -3.46. The van der Waals surface area contributed by atoms with Gasteiger partial charge in [-0.2, -0.15) is 0 Å². The van der Waals surface area contributed by atoms with Crippen LogP contribution in [-0.4, -0.2) is 39.2 Å². The molecule has 0 aromatic carbocycles. The number of methoxy groups -OCH3 is 1. The number of carbonyl (C=O) groups is 1. The molecule has 4 rings (SSSR count). The summed E-state index contributed by atoms with van der Waals surface area (Å²) in [4.78, 5) is 38.3. The van der Waals surface area contributed by atoms with Crippen LogP contribution in [0.5, 0.6) is 5.88 Å². The van der Waals surface area contributed by atoms with Crippen molar-refractivity contribution >= 4 is 29.1 Å². The number of aromatic nitrogens is 4. The topological polar surface area (TPSA) is 108 Å². The third-order valence-electron chi connectivity index (χ3n) is 5.49. The number of anilines is 2. The smallest absolute Gasteiger partial charge is 0.356 e. The van der Waals surface area contributed by atoms with E-state index in [4.69, 9.17) is 21.1 Å². The van der Waals surface area contributed by atoms with Crippen molar-refractivity contribution in [2.75, 3.05) is 19.0 Å². The van der Waals surface area contributed by atoms with E-state index in [2.05, 4.69) is 20.3 Å². The predicted octanol–water partition coefficient (Wildman–Crippen LogP) is 3.86. The van der Waals surface area contributed by atoms with E-state index in [0.29, 0.717) is 17.3 Å². The van der Waals surface area contributed by atoms with Crippen LogP contribution in [0.3, 0.4) is 0 Å². The molecule has 1 aliphatic rings. The SMILES string of the molecule is COc1nc(C)c(Nc2nc(Cl)cn([C@H](COC(=O)c3ccccn3)C3CC3)c2=O)cc1C. The predicted molar refractivity (Wildman–Crippen MR) is 123 cm³/mol. The minimum absolute atomic E-state index is 0.0298. The maximum Gasteiger partial charge on any atom is 0.356 e. The fraction of sp³-hybridized carbons (Fsp3) is 0.348. The molecule has 172 valence electrons. The number of rotatable bonds is 8. The number of carbonyl (C=O) groups excluding carboxylic acids is 1. The molecule has 0 bridgehead atoms. The van der Waals surface area contributed by atoms with E-state index in [1.165, 1.54) is 17.0 Å². The number of pyridine rings is 2. The lowest BCUT2D eigenvalue weighted by Gasteiger charge is -2.21. The Labute approximate surface area is 195 Å². The highest BCUT2D eigenvalue weighted by atomic mass is 35.5. The van der Waals surface area contributed by atoms with Crippen molar-refractivity contribution in [3.63, 3.8) is 0 Å². The summed E-state index contributed by atoms with van der Waals surface area (Å²) < 4.78 is 12.2. The second-order valence-corrected chi connectivity index (χ2v) is 8.30. The Kier molecular flexibility index (Phi) is 6.60. The van der Waals surface area contributed by atoms with Crippen molar-refractivity contribution in [1.29, 1.82) is 0 Å². The van der Waals surface area contributed by atoms with Gasteiger partial charge in [-0.05, 0) is 50.8 Å². The van der Waals surface area contributed by atoms with Crippen LogP contribution < -0.4 is 15.6 Å². The van der Waals surface area contributed by atoms with Crippen LogP contribution in [0.25, 0.3) is 0 Å². The fourth-order valence-corrected chi connectivity index (χ4v) is 3.78. The number of nitrogens with zero attached hydrogens (tertiary/aromatic N) is 4. The van der Waals surface area contributed by atoms with Crippen LogP contribution in [0.1, 0.15) is 40.6 Å². The molecule has 1 N–H and O–H groups in total. The minimum atomic E-state index is -0.539. The Bertz CT molecular complexity index is 1230. The standard InChI is InChI=1S/C23H24ClN5O4/c1-13-10-17(14(2)26-21(13)32-3)27-20-22(30)29(11-19(24)28-20)18(15-7-8-15)12-33-23(31)16-6-4-5-9-25-16/h4-6,9-11,15,18H,7-8,12H2,1-3H3,(H,27,28)/t18-/m1/s1. The normalized spacial score (nSPS) is 13.9. The summed E-state index contributed by atoms with van der Waals surface area (Å²) >= 11 is 6.27. The van der Waals surface area contributed by atoms with Gasteiger partial charge in [0.05, 0.1) is 24.5 Å². The number of halogens is 1. The number of hydrogen-bond acceptors (Lipinski definition) is 8. The van der Waals surface area contributed by atoms with Crippen LogP contribution >= 0.6 is 11.6 Å². The van der Waals surface area contributed by atoms with E-state index in [1.807, 2.05) is 13.0 Å². The molecule has 1 saturated carbocycles.